The molecule has 1 aromatic carbocycles. The molecule has 0 radical (unpaired) electrons. The Balaban J connectivity index is 2.92. The summed E-state index contributed by atoms with van der Waals surface area (Å²) in [5.74, 6) is -14.6. The second-order valence-electron chi connectivity index (χ2n) is 4.67. The minimum atomic E-state index is -5.24. The van der Waals surface area contributed by atoms with Gasteiger partial charge in [0, 0.05) is 11.1 Å². The number of nitrogens with one attached hydrogen (secondary N) is 1. The van der Waals surface area contributed by atoms with E-state index in [1.165, 1.54) is 0 Å². The number of fused-ring (bicyclic) bond motifs is 1. The first-order valence-electron chi connectivity index (χ1n) is 5.86. The van der Waals surface area contributed by atoms with Crippen molar-refractivity contribution in [3.63, 3.8) is 0 Å². The van der Waals surface area contributed by atoms with Gasteiger partial charge < -0.3 is 11.1 Å². The zero-order valence-electron chi connectivity index (χ0n) is 11.1. The van der Waals surface area contributed by atoms with Crippen LogP contribution in [0.2, 0.25) is 0 Å². The van der Waals surface area contributed by atoms with Crippen LogP contribution in [0, 0.1) is 23.3 Å². The number of rotatable bonds is 2. The number of likely N-dealkylation sites (N-methyl/N-ethyl adjacent to an activating group) is 1. The first-order chi connectivity index (χ1) is 10.4. The quantitative estimate of drug-likeness (QED) is 0.489. The van der Waals surface area contributed by atoms with Crippen LogP contribution in [0.4, 0.5) is 39.5 Å². The highest BCUT2D eigenvalue weighted by molar-refractivity contribution is 5.82. The molecule has 0 amide bonds. The Morgan fingerprint density at radius 3 is 1.87 bits per heavy atom. The molecule has 1 atom stereocenters. The molecule has 0 spiro atoms. The van der Waals surface area contributed by atoms with E-state index in [1.807, 2.05) is 0 Å². The van der Waals surface area contributed by atoms with E-state index in [1.54, 1.807) is 5.32 Å². The molecule has 0 heterocycles. The maximum absolute atomic E-state index is 13.9. The molecule has 128 valence electrons. The number of nitrogens with two attached hydrogens (primary N) is 1. The van der Waals surface area contributed by atoms with E-state index in [0.29, 0.717) is 7.05 Å². The van der Waals surface area contributed by atoms with Crippen LogP contribution in [-0.4, -0.2) is 19.3 Å². The maximum Gasteiger partial charge on any atom is 0.407 e. The Labute approximate surface area is 122 Å². The first kappa shape index (κ1) is 17.4. The lowest BCUT2D eigenvalue weighted by Crippen LogP contribution is -2.42. The van der Waals surface area contributed by atoms with E-state index in [-0.39, 0.29) is 0 Å². The Hall–Kier alpha value is -1.91. The van der Waals surface area contributed by atoms with Crippen molar-refractivity contribution in [3.05, 3.63) is 40.1 Å². The molecule has 2 nitrogen and oxygen atoms in total. The highest BCUT2D eigenvalue weighted by atomic mass is 19.4. The number of alkyl halides is 5. The zero-order valence-corrected chi connectivity index (χ0v) is 11.1. The van der Waals surface area contributed by atoms with Gasteiger partial charge in [-0.1, -0.05) is 0 Å². The van der Waals surface area contributed by atoms with Gasteiger partial charge in [0.25, 0.3) is 0 Å². The molecule has 3 N–H and O–H groups in total. The van der Waals surface area contributed by atoms with Crippen molar-refractivity contribution in [1.82, 2.24) is 5.32 Å². The van der Waals surface area contributed by atoms with Crippen molar-refractivity contribution in [2.45, 2.75) is 18.1 Å². The molecule has 0 bridgehead atoms. The summed E-state index contributed by atoms with van der Waals surface area (Å²) in [6.45, 7) is 0. The van der Waals surface area contributed by atoms with Gasteiger partial charge in [-0.2, -0.15) is 22.0 Å². The fraction of sp³-hybridized carbons (Fsp3) is 0.333. The molecule has 2 rings (SSSR count). The van der Waals surface area contributed by atoms with Gasteiger partial charge in [-0.05, 0) is 7.05 Å². The van der Waals surface area contributed by atoms with Crippen LogP contribution in [0.25, 0.3) is 5.57 Å². The highest BCUT2D eigenvalue weighted by Gasteiger charge is 2.56. The molecule has 1 aliphatic carbocycles. The largest absolute Gasteiger partial charge is 0.407 e. The molecule has 0 saturated heterocycles. The molecule has 0 aromatic heterocycles. The second-order valence-corrected chi connectivity index (χ2v) is 4.67. The third kappa shape index (κ3) is 2.25. The van der Waals surface area contributed by atoms with E-state index >= 15 is 0 Å². The average Bonchev–Trinajstić information content (AvgIpc) is 2.63. The van der Waals surface area contributed by atoms with Crippen molar-refractivity contribution in [2.75, 3.05) is 7.05 Å². The van der Waals surface area contributed by atoms with Gasteiger partial charge in [0.2, 0.25) is 0 Å². The van der Waals surface area contributed by atoms with Crippen molar-refractivity contribution in [3.8, 4) is 0 Å². The summed E-state index contributed by atoms with van der Waals surface area (Å²) in [4.78, 5) is 0. The van der Waals surface area contributed by atoms with Gasteiger partial charge in [-0.3, -0.25) is 0 Å². The first-order valence-corrected chi connectivity index (χ1v) is 5.86. The molecule has 0 saturated carbocycles. The van der Waals surface area contributed by atoms with Crippen molar-refractivity contribution in [2.24, 2.45) is 5.73 Å². The fourth-order valence-corrected chi connectivity index (χ4v) is 2.39. The Kier molecular flexibility index (Phi) is 3.83. The lowest BCUT2D eigenvalue weighted by molar-refractivity contribution is -0.140. The summed E-state index contributed by atoms with van der Waals surface area (Å²) in [6.07, 6.45) is -5.24. The number of benzene rings is 1. The molecule has 0 fully saturated rings. The lowest BCUT2D eigenvalue weighted by Gasteiger charge is -2.22. The molecular weight excluding hydrogens is 343 g/mol. The van der Waals surface area contributed by atoms with Crippen LogP contribution in [0.15, 0.2) is 5.70 Å². The van der Waals surface area contributed by atoms with Crippen LogP contribution >= 0.6 is 0 Å². The predicted octanol–water partition coefficient (Wildman–Crippen LogP) is 3.17. The SMILES string of the molecule is CNC(C1=C(N)C(F)(F)c2c(F)c(F)c(F)c(F)c21)C(F)(F)F. The fourth-order valence-electron chi connectivity index (χ4n) is 2.39. The topological polar surface area (TPSA) is 38.0 Å². The summed E-state index contributed by atoms with van der Waals surface area (Å²) in [5.41, 5.74) is -2.30. The summed E-state index contributed by atoms with van der Waals surface area (Å²) in [5, 5.41) is 1.57. The molecule has 0 aliphatic heterocycles. The third-order valence-electron chi connectivity index (χ3n) is 3.38. The standard InChI is InChI=1S/C12H7F9N2/c1-23-10(12(19,20)21)3-2-4(11(17,18)9(3)22)6(14)8(16)7(15)5(2)13/h10,23H,22H2,1H3. The van der Waals surface area contributed by atoms with E-state index in [4.69, 9.17) is 5.73 Å². The van der Waals surface area contributed by atoms with Crippen molar-refractivity contribution in [1.29, 1.82) is 0 Å². The maximum atomic E-state index is 13.9. The second kappa shape index (κ2) is 5.05. The molecular formula is C12H7F9N2. The van der Waals surface area contributed by atoms with Crippen molar-refractivity contribution >= 4 is 5.57 Å². The Morgan fingerprint density at radius 2 is 1.43 bits per heavy atom. The molecule has 1 aliphatic rings. The molecule has 11 heteroatoms. The van der Waals surface area contributed by atoms with Gasteiger partial charge in [0.1, 0.15) is 6.04 Å². The third-order valence-corrected chi connectivity index (χ3v) is 3.38. The van der Waals surface area contributed by atoms with Gasteiger partial charge in [-0.15, -0.1) is 0 Å². The van der Waals surface area contributed by atoms with E-state index < -0.39 is 63.8 Å². The Bertz CT molecular complexity index is 706. The Morgan fingerprint density at radius 1 is 0.957 bits per heavy atom. The zero-order chi connectivity index (χ0) is 17.9. The molecule has 1 aromatic rings. The average molecular weight is 350 g/mol. The van der Waals surface area contributed by atoms with Gasteiger partial charge >= 0.3 is 12.1 Å². The minimum absolute atomic E-state index is 0.697. The van der Waals surface area contributed by atoms with Crippen LogP contribution in [-0.2, 0) is 5.92 Å². The van der Waals surface area contributed by atoms with Crippen molar-refractivity contribution < 1.29 is 39.5 Å². The number of halogens is 9. The van der Waals surface area contributed by atoms with E-state index in [2.05, 4.69) is 0 Å². The normalized spacial score (nSPS) is 18.3. The number of allylic oxidation sites excluding steroid dienone is 1. The minimum Gasteiger partial charge on any atom is -0.397 e. The van der Waals surface area contributed by atoms with Crippen LogP contribution in [0.5, 0.6) is 0 Å². The van der Waals surface area contributed by atoms with Crippen LogP contribution in [0.3, 0.4) is 0 Å². The van der Waals surface area contributed by atoms with Gasteiger partial charge in [0.05, 0.1) is 11.3 Å². The smallest absolute Gasteiger partial charge is 0.397 e. The van der Waals surface area contributed by atoms with E-state index in [0.717, 1.165) is 0 Å². The number of hydrogen-bond donors (Lipinski definition) is 2. The summed E-state index contributed by atoms with van der Waals surface area (Å²) in [6, 6.07) is -2.94. The van der Waals surface area contributed by atoms with E-state index in [9.17, 15) is 39.5 Å². The summed E-state index contributed by atoms with van der Waals surface area (Å²) < 4.78 is 120. The molecule has 23 heavy (non-hydrogen) atoms. The number of hydrogen-bond acceptors (Lipinski definition) is 2. The lowest BCUT2D eigenvalue weighted by atomic mass is 9.97. The summed E-state index contributed by atoms with van der Waals surface area (Å²) in [7, 11) is 0.697. The van der Waals surface area contributed by atoms with Crippen LogP contribution < -0.4 is 11.1 Å². The monoisotopic (exact) mass is 350 g/mol. The van der Waals surface area contributed by atoms with Gasteiger partial charge in [-0.25, -0.2) is 17.6 Å². The summed E-state index contributed by atoms with van der Waals surface area (Å²) >= 11 is 0. The van der Waals surface area contributed by atoms with Crippen LogP contribution in [0.1, 0.15) is 11.1 Å². The molecule has 1 unspecified atom stereocenters. The predicted molar refractivity (Wildman–Crippen MR) is 60.2 cm³/mol. The highest BCUT2D eigenvalue weighted by Crippen LogP contribution is 2.52. The van der Waals surface area contributed by atoms with Gasteiger partial charge in [0.15, 0.2) is 23.3 Å².